The van der Waals surface area contributed by atoms with Crippen molar-refractivity contribution in [3.05, 3.63) is 108 Å². The van der Waals surface area contributed by atoms with Crippen LogP contribution in [0.5, 0.6) is 5.75 Å². The number of rotatable bonds is 7. The van der Waals surface area contributed by atoms with E-state index in [0.717, 1.165) is 5.56 Å². The monoisotopic (exact) mass is 427 g/mol. The lowest BCUT2D eigenvalue weighted by atomic mass is 9.96. The van der Waals surface area contributed by atoms with E-state index in [4.69, 9.17) is 4.74 Å². The van der Waals surface area contributed by atoms with Crippen molar-refractivity contribution in [3.63, 3.8) is 0 Å². The van der Waals surface area contributed by atoms with Gasteiger partial charge in [0.25, 0.3) is 11.7 Å². The number of ether oxygens (including phenoxy) is 1. The fourth-order valence-electron chi connectivity index (χ4n) is 3.64. The van der Waals surface area contributed by atoms with Crippen molar-refractivity contribution in [2.24, 2.45) is 0 Å². The molecule has 1 N–H and O–H groups in total. The molecule has 1 saturated heterocycles. The SMILES string of the molecule is C=CCOc1ccc(/C(O)=C2\C(=O)C(=O)N(Cc3cccnc3)[C@@H]2c2ccncc2)cc1. The third-order valence-electron chi connectivity index (χ3n) is 5.13. The van der Waals surface area contributed by atoms with Gasteiger partial charge in [0.05, 0.1) is 11.6 Å². The maximum absolute atomic E-state index is 13.0. The van der Waals surface area contributed by atoms with Crippen molar-refractivity contribution in [2.45, 2.75) is 12.6 Å². The summed E-state index contributed by atoms with van der Waals surface area (Å²) in [5.74, 6) is -1.05. The van der Waals surface area contributed by atoms with Gasteiger partial charge in [-0.3, -0.25) is 19.6 Å². The number of benzene rings is 1. The molecule has 160 valence electrons. The highest BCUT2D eigenvalue weighted by atomic mass is 16.5. The molecule has 0 aliphatic carbocycles. The molecule has 7 heteroatoms. The zero-order valence-electron chi connectivity index (χ0n) is 17.2. The molecule has 2 aromatic heterocycles. The molecule has 1 aliphatic heterocycles. The lowest BCUT2D eigenvalue weighted by Crippen LogP contribution is -2.29. The number of aromatic nitrogens is 2. The molecular weight excluding hydrogens is 406 g/mol. The Labute approximate surface area is 185 Å². The number of hydrogen-bond acceptors (Lipinski definition) is 6. The van der Waals surface area contributed by atoms with Gasteiger partial charge >= 0.3 is 0 Å². The quantitative estimate of drug-likeness (QED) is 0.268. The Morgan fingerprint density at radius 3 is 2.47 bits per heavy atom. The fourth-order valence-corrected chi connectivity index (χ4v) is 3.64. The summed E-state index contributed by atoms with van der Waals surface area (Å²) in [7, 11) is 0. The van der Waals surface area contributed by atoms with Gasteiger partial charge in [0, 0.05) is 36.9 Å². The van der Waals surface area contributed by atoms with Crippen LogP contribution in [0.2, 0.25) is 0 Å². The summed E-state index contributed by atoms with van der Waals surface area (Å²) in [4.78, 5) is 35.6. The second-order valence-electron chi connectivity index (χ2n) is 7.19. The van der Waals surface area contributed by atoms with Crippen LogP contribution in [0.3, 0.4) is 0 Å². The summed E-state index contributed by atoms with van der Waals surface area (Å²) in [6.45, 7) is 4.14. The van der Waals surface area contributed by atoms with Crippen molar-refractivity contribution < 1.29 is 19.4 Å². The first-order chi connectivity index (χ1) is 15.6. The number of aliphatic hydroxyl groups excluding tert-OH is 1. The average molecular weight is 427 g/mol. The van der Waals surface area contributed by atoms with Crippen LogP contribution < -0.4 is 4.74 Å². The van der Waals surface area contributed by atoms with Crippen LogP contribution in [-0.4, -0.2) is 38.3 Å². The number of ketones is 1. The summed E-state index contributed by atoms with van der Waals surface area (Å²) in [5.41, 5.74) is 1.90. The van der Waals surface area contributed by atoms with Crippen LogP contribution in [0, 0.1) is 0 Å². The largest absolute Gasteiger partial charge is 0.507 e. The topological polar surface area (TPSA) is 92.6 Å². The number of aliphatic hydroxyl groups is 1. The maximum Gasteiger partial charge on any atom is 0.295 e. The normalized spacial score (nSPS) is 17.4. The Balaban J connectivity index is 1.77. The molecule has 1 fully saturated rings. The molecule has 3 aromatic rings. The van der Waals surface area contributed by atoms with Crippen LogP contribution >= 0.6 is 0 Å². The molecule has 0 bridgehead atoms. The number of nitrogens with zero attached hydrogens (tertiary/aromatic N) is 3. The number of carbonyl (C=O) groups is 2. The molecule has 1 atom stereocenters. The molecule has 1 aliphatic rings. The molecule has 0 saturated carbocycles. The molecule has 1 amide bonds. The Bertz CT molecular complexity index is 1160. The second-order valence-corrected chi connectivity index (χ2v) is 7.19. The van der Waals surface area contributed by atoms with Gasteiger partial charge in [0.2, 0.25) is 0 Å². The highest BCUT2D eigenvalue weighted by molar-refractivity contribution is 6.46. The molecular formula is C25H21N3O4. The minimum absolute atomic E-state index is 0.0323. The van der Waals surface area contributed by atoms with Crippen molar-refractivity contribution in [3.8, 4) is 5.75 Å². The lowest BCUT2D eigenvalue weighted by molar-refractivity contribution is -0.140. The Kier molecular flexibility index (Phi) is 6.07. The molecule has 7 nitrogen and oxygen atoms in total. The zero-order valence-corrected chi connectivity index (χ0v) is 17.2. The summed E-state index contributed by atoms with van der Waals surface area (Å²) in [6.07, 6.45) is 8.09. The van der Waals surface area contributed by atoms with Gasteiger partial charge in [-0.15, -0.1) is 0 Å². The van der Waals surface area contributed by atoms with E-state index in [0.29, 0.717) is 23.5 Å². The molecule has 1 aromatic carbocycles. The molecule has 32 heavy (non-hydrogen) atoms. The van der Waals surface area contributed by atoms with Gasteiger partial charge in [0.1, 0.15) is 18.1 Å². The average Bonchev–Trinajstić information content (AvgIpc) is 3.09. The van der Waals surface area contributed by atoms with Gasteiger partial charge in [-0.25, -0.2) is 0 Å². The second kappa shape index (κ2) is 9.26. The highest BCUT2D eigenvalue weighted by Crippen LogP contribution is 2.40. The number of amides is 1. The summed E-state index contributed by atoms with van der Waals surface area (Å²) >= 11 is 0. The Morgan fingerprint density at radius 1 is 1.06 bits per heavy atom. The van der Waals surface area contributed by atoms with Crippen molar-refractivity contribution in [2.75, 3.05) is 6.61 Å². The molecule has 0 spiro atoms. The van der Waals surface area contributed by atoms with E-state index < -0.39 is 17.7 Å². The highest BCUT2D eigenvalue weighted by Gasteiger charge is 2.46. The number of carbonyl (C=O) groups excluding carboxylic acids is 2. The predicted molar refractivity (Wildman–Crippen MR) is 118 cm³/mol. The van der Waals surface area contributed by atoms with Crippen molar-refractivity contribution in [1.29, 1.82) is 0 Å². The van der Waals surface area contributed by atoms with Crippen LogP contribution in [-0.2, 0) is 16.1 Å². The first kappa shape index (κ1) is 21.0. The number of hydrogen-bond donors (Lipinski definition) is 1. The van der Waals surface area contributed by atoms with E-state index in [9.17, 15) is 14.7 Å². The Morgan fingerprint density at radius 2 is 1.81 bits per heavy atom. The van der Waals surface area contributed by atoms with E-state index in [-0.39, 0.29) is 17.9 Å². The summed E-state index contributed by atoms with van der Waals surface area (Å²) in [6, 6.07) is 13.0. The van der Waals surface area contributed by atoms with E-state index in [1.807, 2.05) is 6.07 Å². The smallest absolute Gasteiger partial charge is 0.295 e. The van der Waals surface area contributed by atoms with Gasteiger partial charge in [-0.05, 0) is 53.6 Å². The van der Waals surface area contributed by atoms with Gasteiger partial charge in [0.15, 0.2) is 0 Å². The number of Topliss-reactive ketones (excluding diaryl/α,β-unsaturated/α-hetero) is 1. The van der Waals surface area contributed by atoms with Gasteiger partial charge < -0.3 is 14.7 Å². The van der Waals surface area contributed by atoms with E-state index in [1.165, 1.54) is 4.90 Å². The minimum atomic E-state index is -0.755. The van der Waals surface area contributed by atoms with Crippen molar-refractivity contribution in [1.82, 2.24) is 14.9 Å². The minimum Gasteiger partial charge on any atom is -0.507 e. The summed E-state index contributed by atoms with van der Waals surface area (Å²) < 4.78 is 5.47. The number of likely N-dealkylation sites (tertiary alicyclic amines) is 1. The zero-order chi connectivity index (χ0) is 22.5. The first-order valence-corrected chi connectivity index (χ1v) is 10.0. The van der Waals surface area contributed by atoms with E-state index in [1.54, 1.807) is 73.3 Å². The molecule has 0 unspecified atom stereocenters. The standard InChI is InChI=1S/C25H21N3O4/c1-2-14-32-20-7-5-19(6-8-20)23(29)21-22(18-9-12-26-13-10-18)28(25(31)24(21)30)16-17-4-3-11-27-15-17/h2-13,15,22,29H,1,14,16H2/b23-21+/t22-/m1/s1. The maximum atomic E-state index is 13.0. The van der Waals surface area contributed by atoms with Crippen LogP contribution in [0.4, 0.5) is 0 Å². The lowest BCUT2D eigenvalue weighted by Gasteiger charge is -2.25. The first-order valence-electron chi connectivity index (χ1n) is 10.0. The van der Waals surface area contributed by atoms with Gasteiger partial charge in [-0.1, -0.05) is 18.7 Å². The van der Waals surface area contributed by atoms with Crippen LogP contribution in [0.25, 0.3) is 5.76 Å². The molecule has 0 radical (unpaired) electrons. The number of pyridine rings is 2. The van der Waals surface area contributed by atoms with Crippen LogP contribution in [0.1, 0.15) is 22.7 Å². The van der Waals surface area contributed by atoms with Crippen LogP contribution in [0.15, 0.2) is 91.5 Å². The third-order valence-corrected chi connectivity index (χ3v) is 5.13. The fraction of sp³-hybridized carbons (Fsp3) is 0.120. The van der Waals surface area contributed by atoms with Gasteiger partial charge in [-0.2, -0.15) is 0 Å². The third kappa shape index (κ3) is 4.13. The van der Waals surface area contributed by atoms with E-state index >= 15 is 0 Å². The summed E-state index contributed by atoms with van der Waals surface area (Å²) in [5, 5.41) is 11.1. The molecule has 4 rings (SSSR count). The van der Waals surface area contributed by atoms with Crippen molar-refractivity contribution >= 4 is 17.4 Å². The molecule has 3 heterocycles. The van der Waals surface area contributed by atoms with E-state index in [2.05, 4.69) is 16.5 Å². The predicted octanol–water partition coefficient (Wildman–Crippen LogP) is 3.66. The Hall–Kier alpha value is -4.26.